The van der Waals surface area contributed by atoms with Gasteiger partial charge in [0.05, 0.1) is 11.1 Å². The van der Waals surface area contributed by atoms with Gasteiger partial charge in [-0.3, -0.25) is 0 Å². The fourth-order valence-corrected chi connectivity index (χ4v) is 2.35. The number of nitrogens with one attached hydrogen (secondary N) is 2. The van der Waals surface area contributed by atoms with Crippen LogP contribution >= 0.6 is 27.5 Å². The minimum atomic E-state index is -0.198. The van der Waals surface area contributed by atoms with E-state index in [1.165, 1.54) is 5.56 Å². The van der Waals surface area contributed by atoms with E-state index in [-0.39, 0.29) is 11.4 Å². The van der Waals surface area contributed by atoms with Crippen molar-refractivity contribution in [3.8, 4) is 5.75 Å². The lowest BCUT2D eigenvalue weighted by atomic mass is 9.87. The summed E-state index contributed by atoms with van der Waals surface area (Å²) >= 11 is 9.03. The normalized spacial score (nSPS) is 11.1. The molecule has 1 aromatic rings. The van der Waals surface area contributed by atoms with Gasteiger partial charge >= 0.3 is 6.03 Å². The summed E-state index contributed by atoms with van der Waals surface area (Å²) in [6, 6.07) is 5.95. The van der Waals surface area contributed by atoms with Crippen LogP contribution in [0, 0.1) is 0 Å². The van der Waals surface area contributed by atoms with Crippen LogP contribution in [0.25, 0.3) is 0 Å². The van der Waals surface area contributed by atoms with Gasteiger partial charge in [-0.1, -0.05) is 26.8 Å². The molecule has 4 nitrogen and oxygen atoms in total. The standard InChI is InChI=1S/C16H24BrClN2O2/c1-16(2,3)12-5-6-14(13(17)11-12)22-10-4-8-19-15(21)20-9-7-18/h5-6,11H,4,7-10H2,1-3H3,(H2,19,20,21). The van der Waals surface area contributed by atoms with Crippen LogP contribution in [0.5, 0.6) is 5.75 Å². The Morgan fingerprint density at radius 3 is 2.55 bits per heavy atom. The second kappa shape index (κ2) is 9.26. The number of alkyl halides is 1. The lowest BCUT2D eigenvalue weighted by molar-refractivity contribution is 0.239. The second-order valence-corrected chi connectivity index (χ2v) is 7.20. The molecule has 0 heterocycles. The molecule has 0 fully saturated rings. The van der Waals surface area contributed by atoms with Crippen molar-refractivity contribution in [1.82, 2.24) is 10.6 Å². The van der Waals surface area contributed by atoms with Crippen LogP contribution in [0.1, 0.15) is 32.8 Å². The Hall–Kier alpha value is -0.940. The molecule has 0 aromatic heterocycles. The molecule has 0 aliphatic rings. The van der Waals surface area contributed by atoms with Gasteiger partial charge in [-0.2, -0.15) is 0 Å². The third-order valence-electron chi connectivity index (χ3n) is 3.04. The second-order valence-electron chi connectivity index (χ2n) is 5.97. The van der Waals surface area contributed by atoms with Crippen LogP contribution in [-0.2, 0) is 5.41 Å². The first kappa shape index (κ1) is 19.1. The number of halogens is 2. The molecule has 22 heavy (non-hydrogen) atoms. The molecule has 0 bridgehead atoms. The smallest absolute Gasteiger partial charge is 0.314 e. The van der Waals surface area contributed by atoms with Gasteiger partial charge in [-0.25, -0.2) is 4.79 Å². The molecule has 0 saturated carbocycles. The van der Waals surface area contributed by atoms with Crippen LogP contribution in [0.3, 0.4) is 0 Å². The third kappa shape index (κ3) is 6.88. The number of urea groups is 1. The molecule has 2 amide bonds. The van der Waals surface area contributed by atoms with E-state index in [4.69, 9.17) is 16.3 Å². The maximum Gasteiger partial charge on any atom is 0.314 e. The highest BCUT2D eigenvalue weighted by molar-refractivity contribution is 9.10. The van der Waals surface area contributed by atoms with E-state index in [2.05, 4.69) is 59.5 Å². The first-order valence-electron chi connectivity index (χ1n) is 7.35. The predicted molar refractivity (Wildman–Crippen MR) is 95.1 cm³/mol. The molecule has 1 rings (SSSR count). The summed E-state index contributed by atoms with van der Waals surface area (Å²) in [6.45, 7) is 8.11. The van der Waals surface area contributed by atoms with Crippen molar-refractivity contribution in [2.24, 2.45) is 0 Å². The lowest BCUT2D eigenvalue weighted by Crippen LogP contribution is -2.37. The van der Waals surface area contributed by atoms with Gasteiger partial charge in [-0.05, 0) is 45.5 Å². The number of amides is 2. The molecule has 2 N–H and O–H groups in total. The van der Waals surface area contributed by atoms with Gasteiger partial charge < -0.3 is 15.4 Å². The van der Waals surface area contributed by atoms with E-state index in [0.29, 0.717) is 25.6 Å². The summed E-state index contributed by atoms with van der Waals surface area (Å²) in [5, 5.41) is 5.39. The summed E-state index contributed by atoms with van der Waals surface area (Å²) in [6.07, 6.45) is 0.738. The average molecular weight is 392 g/mol. The van der Waals surface area contributed by atoms with E-state index < -0.39 is 0 Å². The molecule has 6 heteroatoms. The number of rotatable bonds is 7. The molecular weight excluding hydrogens is 368 g/mol. The largest absolute Gasteiger partial charge is 0.492 e. The van der Waals surface area contributed by atoms with Crippen molar-refractivity contribution in [3.05, 3.63) is 28.2 Å². The van der Waals surface area contributed by atoms with Gasteiger partial charge in [-0.15, -0.1) is 11.6 Å². The first-order chi connectivity index (χ1) is 10.3. The van der Waals surface area contributed by atoms with E-state index in [1.807, 2.05) is 6.07 Å². The highest BCUT2D eigenvalue weighted by Crippen LogP contribution is 2.31. The maximum absolute atomic E-state index is 11.3. The van der Waals surface area contributed by atoms with Crippen molar-refractivity contribution in [1.29, 1.82) is 0 Å². The Bertz CT molecular complexity index is 490. The SMILES string of the molecule is CC(C)(C)c1ccc(OCCCNC(=O)NCCCl)c(Br)c1. The third-order valence-corrected chi connectivity index (χ3v) is 3.85. The van der Waals surface area contributed by atoms with E-state index >= 15 is 0 Å². The fourth-order valence-electron chi connectivity index (χ4n) is 1.76. The van der Waals surface area contributed by atoms with Crippen molar-refractivity contribution in [3.63, 3.8) is 0 Å². The molecule has 0 atom stereocenters. The number of benzene rings is 1. The molecule has 0 spiro atoms. The maximum atomic E-state index is 11.3. The number of ether oxygens (including phenoxy) is 1. The zero-order chi connectivity index (χ0) is 16.6. The minimum Gasteiger partial charge on any atom is -0.492 e. The van der Waals surface area contributed by atoms with Gasteiger partial charge in [0.2, 0.25) is 0 Å². The number of carbonyl (C=O) groups is 1. The van der Waals surface area contributed by atoms with Crippen LogP contribution in [0.2, 0.25) is 0 Å². The van der Waals surface area contributed by atoms with Crippen LogP contribution in [-0.4, -0.2) is 31.6 Å². The number of hydrogen-bond donors (Lipinski definition) is 2. The van der Waals surface area contributed by atoms with Gasteiger partial charge in [0, 0.05) is 19.0 Å². The average Bonchev–Trinajstić information content (AvgIpc) is 2.45. The van der Waals surface area contributed by atoms with Crippen molar-refractivity contribution >= 4 is 33.6 Å². The van der Waals surface area contributed by atoms with Gasteiger partial charge in [0.1, 0.15) is 5.75 Å². The summed E-state index contributed by atoms with van der Waals surface area (Å²) in [5.74, 6) is 1.23. The topological polar surface area (TPSA) is 50.4 Å². The lowest BCUT2D eigenvalue weighted by Gasteiger charge is -2.20. The Morgan fingerprint density at radius 2 is 1.95 bits per heavy atom. The summed E-state index contributed by atoms with van der Waals surface area (Å²) < 4.78 is 6.68. The minimum absolute atomic E-state index is 0.112. The number of hydrogen-bond acceptors (Lipinski definition) is 2. The van der Waals surface area contributed by atoms with Crippen LogP contribution in [0.4, 0.5) is 4.79 Å². The van der Waals surface area contributed by atoms with E-state index in [0.717, 1.165) is 16.6 Å². The van der Waals surface area contributed by atoms with Crippen molar-refractivity contribution < 1.29 is 9.53 Å². The Morgan fingerprint density at radius 1 is 1.27 bits per heavy atom. The van der Waals surface area contributed by atoms with Gasteiger partial charge in [0.25, 0.3) is 0 Å². The highest BCUT2D eigenvalue weighted by atomic mass is 79.9. The van der Waals surface area contributed by atoms with Gasteiger partial charge in [0.15, 0.2) is 0 Å². The first-order valence-corrected chi connectivity index (χ1v) is 8.68. The Kier molecular flexibility index (Phi) is 8.04. The zero-order valence-corrected chi connectivity index (χ0v) is 15.7. The summed E-state index contributed by atoms with van der Waals surface area (Å²) in [4.78, 5) is 11.3. The van der Waals surface area contributed by atoms with Crippen LogP contribution < -0.4 is 15.4 Å². The Balaban J connectivity index is 2.32. The fraction of sp³-hybridized carbons (Fsp3) is 0.562. The van der Waals surface area contributed by atoms with Crippen molar-refractivity contribution in [2.75, 3.05) is 25.6 Å². The highest BCUT2D eigenvalue weighted by Gasteiger charge is 2.15. The molecule has 124 valence electrons. The van der Waals surface area contributed by atoms with E-state index in [1.54, 1.807) is 0 Å². The molecule has 0 saturated heterocycles. The molecule has 0 radical (unpaired) electrons. The zero-order valence-electron chi connectivity index (χ0n) is 13.3. The number of carbonyl (C=O) groups excluding carboxylic acids is 1. The molecule has 1 aromatic carbocycles. The molecular formula is C16H24BrClN2O2. The Labute approximate surface area is 146 Å². The summed E-state index contributed by atoms with van der Waals surface area (Å²) in [7, 11) is 0. The van der Waals surface area contributed by atoms with E-state index in [9.17, 15) is 4.79 Å². The quantitative estimate of drug-likeness (QED) is 0.544. The monoisotopic (exact) mass is 390 g/mol. The molecule has 0 unspecified atom stereocenters. The van der Waals surface area contributed by atoms with Crippen LogP contribution in [0.15, 0.2) is 22.7 Å². The molecule has 0 aliphatic carbocycles. The van der Waals surface area contributed by atoms with Crippen molar-refractivity contribution in [2.45, 2.75) is 32.6 Å². The summed E-state index contributed by atoms with van der Waals surface area (Å²) in [5.41, 5.74) is 1.37. The molecule has 0 aliphatic heterocycles. The predicted octanol–water partition coefficient (Wildman–Crippen LogP) is 4.05.